The largest absolute Gasteiger partial charge is 0.632 e. The molecule has 1 saturated heterocycles. The number of hydrogen-bond acceptors (Lipinski definition) is 3. The number of hydrogen-bond donors (Lipinski definition) is 1. The summed E-state index contributed by atoms with van der Waals surface area (Å²) in [6.45, 7) is 5.39. The van der Waals surface area contributed by atoms with E-state index in [0.29, 0.717) is 0 Å². The lowest BCUT2D eigenvalue weighted by Crippen LogP contribution is -3.05. The molecule has 0 aromatic heterocycles. The molecular weight excluding hydrogens is 258 g/mol. The average Bonchev–Trinajstić information content (AvgIpc) is 2.83. The van der Waals surface area contributed by atoms with E-state index >= 15 is 0 Å². The summed E-state index contributed by atoms with van der Waals surface area (Å²) in [6, 6.07) is 0.948. The van der Waals surface area contributed by atoms with E-state index in [4.69, 9.17) is 13.3 Å². The first-order valence-corrected chi connectivity index (χ1v) is 9.55. The lowest BCUT2D eigenvalue weighted by Gasteiger charge is -2.23. The molecule has 0 spiro atoms. The van der Waals surface area contributed by atoms with Gasteiger partial charge in [-0.15, -0.1) is 0 Å². The number of allylic oxidation sites excluding steroid dienone is 1. The summed E-state index contributed by atoms with van der Waals surface area (Å²) < 4.78 is 18.2. The summed E-state index contributed by atoms with van der Waals surface area (Å²) >= 11 is 0. The predicted molar refractivity (Wildman–Crippen MR) is 76.7 cm³/mol. The summed E-state index contributed by atoms with van der Waals surface area (Å²) in [5, 5.41) is 0. The molecule has 4 nitrogen and oxygen atoms in total. The Morgan fingerprint density at radius 3 is 2.63 bits per heavy atom. The Hall–Kier alpha value is -0.523. The monoisotopic (exact) mass is 286 g/mol. The Labute approximate surface area is 118 Å². The molecule has 0 aliphatic carbocycles. The van der Waals surface area contributed by atoms with Crippen LogP contribution >= 0.6 is 0 Å². The molecule has 2 bridgehead atoms. The molecule has 0 radical (unpaired) electrons. The van der Waals surface area contributed by atoms with E-state index in [1.807, 2.05) is 6.92 Å². The zero-order valence-corrected chi connectivity index (χ0v) is 13.8. The van der Waals surface area contributed by atoms with Gasteiger partial charge in [-0.25, -0.2) is 0 Å². The Balaban J connectivity index is 1.85. The van der Waals surface area contributed by atoms with Gasteiger partial charge in [0.1, 0.15) is 17.6 Å². The average molecular weight is 286 g/mol. The maximum absolute atomic E-state index is 6.17. The van der Waals surface area contributed by atoms with E-state index in [2.05, 4.69) is 21.0 Å². The minimum atomic E-state index is -2.37. The van der Waals surface area contributed by atoms with Crippen molar-refractivity contribution in [2.75, 3.05) is 20.6 Å². The third-order valence-electron chi connectivity index (χ3n) is 3.76. The number of rotatable bonds is 8. The fraction of sp³-hybridized carbons (Fsp3) is 0.857. The van der Waals surface area contributed by atoms with E-state index in [1.54, 1.807) is 0 Å². The normalized spacial score (nSPS) is 29.0. The topological polar surface area (TPSA) is 32.1 Å². The van der Waals surface area contributed by atoms with Crippen molar-refractivity contribution in [1.29, 1.82) is 0 Å². The molecular formula is C14H28NO3Si+. The smallest absolute Gasteiger partial charge is 0.493 e. The molecule has 2 unspecified atom stereocenters. The summed E-state index contributed by atoms with van der Waals surface area (Å²) in [5.41, 5.74) is 0. The molecule has 2 aliphatic rings. The van der Waals surface area contributed by atoms with Gasteiger partial charge in [0.05, 0.1) is 20.6 Å². The first-order chi connectivity index (χ1) is 9.06. The van der Waals surface area contributed by atoms with Crippen LogP contribution in [0.4, 0.5) is 0 Å². The van der Waals surface area contributed by atoms with Crippen molar-refractivity contribution in [3.63, 3.8) is 0 Å². The summed E-state index contributed by atoms with van der Waals surface area (Å²) in [5.74, 6) is 1.98. The SMILES string of the molecule is CCCCCC1O[Si]2(CCC[NH+](C)C)OC(C)=C1O2. The summed E-state index contributed by atoms with van der Waals surface area (Å²) in [7, 11) is 1.98. The van der Waals surface area contributed by atoms with Gasteiger partial charge in [0.2, 0.25) is 0 Å². The third kappa shape index (κ3) is 3.52. The minimum absolute atomic E-state index is 0.179. The van der Waals surface area contributed by atoms with Gasteiger partial charge in [-0.05, 0) is 13.3 Å². The zero-order chi connectivity index (χ0) is 13.9. The van der Waals surface area contributed by atoms with E-state index in [-0.39, 0.29) is 6.10 Å². The molecule has 0 aromatic carbocycles. The fourth-order valence-corrected chi connectivity index (χ4v) is 5.65. The fourth-order valence-electron chi connectivity index (χ4n) is 2.74. The van der Waals surface area contributed by atoms with Gasteiger partial charge in [0.15, 0.2) is 0 Å². The molecule has 5 heteroatoms. The third-order valence-corrected chi connectivity index (χ3v) is 6.52. The molecule has 2 heterocycles. The molecule has 2 atom stereocenters. The van der Waals surface area contributed by atoms with Crippen LogP contribution < -0.4 is 4.90 Å². The van der Waals surface area contributed by atoms with Crippen LogP contribution in [0, 0.1) is 0 Å². The number of quaternary nitrogens is 1. The highest BCUT2D eigenvalue weighted by Gasteiger charge is 2.60. The number of fused-ring (bicyclic) bond motifs is 2. The van der Waals surface area contributed by atoms with Crippen molar-refractivity contribution in [2.45, 2.75) is 58.1 Å². The van der Waals surface area contributed by atoms with Crippen LogP contribution in [0.25, 0.3) is 0 Å². The molecule has 0 amide bonds. The van der Waals surface area contributed by atoms with Crippen molar-refractivity contribution in [1.82, 2.24) is 0 Å². The van der Waals surface area contributed by atoms with Crippen molar-refractivity contribution in [2.24, 2.45) is 0 Å². The van der Waals surface area contributed by atoms with E-state index in [9.17, 15) is 0 Å². The molecule has 19 heavy (non-hydrogen) atoms. The maximum atomic E-state index is 6.17. The Morgan fingerprint density at radius 1 is 1.16 bits per heavy atom. The van der Waals surface area contributed by atoms with Crippen LogP contribution in [0.5, 0.6) is 0 Å². The van der Waals surface area contributed by atoms with Gasteiger partial charge < -0.3 is 18.2 Å². The quantitative estimate of drug-likeness (QED) is 0.545. The number of unbranched alkanes of at least 4 members (excludes halogenated alkanes) is 2. The van der Waals surface area contributed by atoms with Crippen LogP contribution in [-0.2, 0) is 13.3 Å². The Bertz CT molecular complexity index is 346. The van der Waals surface area contributed by atoms with Crippen LogP contribution in [0.3, 0.4) is 0 Å². The van der Waals surface area contributed by atoms with Gasteiger partial charge in [0.25, 0.3) is 0 Å². The molecule has 110 valence electrons. The van der Waals surface area contributed by atoms with Gasteiger partial charge >= 0.3 is 8.80 Å². The molecule has 1 N–H and O–H groups in total. The zero-order valence-electron chi connectivity index (χ0n) is 12.8. The Kier molecular flexibility index (Phi) is 4.92. The van der Waals surface area contributed by atoms with Gasteiger partial charge in [-0.3, -0.25) is 0 Å². The number of nitrogens with one attached hydrogen (secondary N) is 1. The summed E-state index contributed by atoms with van der Waals surface area (Å²) in [4.78, 5) is 1.46. The minimum Gasteiger partial charge on any atom is -0.493 e. The van der Waals surface area contributed by atoms with Crippen molar-refractivity contribution >= 4 is 8.80 Å². The molecule has 0 saturated carbocycles. The highest BCUT2D eigenvalue weighted by Crippen LogP contribution is 2.43. The molecule has 2 rings (SSSR count). The highest BCUT2D eigenvalue weighted by atomic mass is 28.4. The maximum Gasteiger partial charge on any atom is 0.632 e. The second kappa shape index (κ2) is 6.28. The second-order valence-corrected chi connectivity index (χ2v) is 8.48. The van der Waals surface area contributed by atoms with Gasteiger partial charge in [-0.1, -0.05) is 26.2 Å². The standard InChI is InChI=1S/C14H27NO3Si/c1-5-6-7-9-13-14-12(2)16-19(17-13,18-14)11-8-10-15(3)4/h13H,5-11H2,1-4H3/p+1. The van der Waals surface area contributed by atoms with Crippen molar-refractivity contribution in [3.8, 4) is 0 Å². The predicted octanol–water partition coefficient (Wildman–Crippen LogP) is 1.72. The second-order valence-electron chi connectivity index (χ2n) is 5.97. The highest BCUT2D eigenvalue weighted by molar-refractivity contribution is 6.62. The van der Waals surface area contributed by atoms with E-state index in [1.165, 1.54) is 24.2 Å². The Morgan fingerprint density at radius 2 is 1.95 bits per heavy atom. The molecule has 0 aromatic rings. The molecule has 2 aliphatic heterocycles. The van der Waals surface area contributed by atoms with Crippen LogP contribution in [0.2, 0.25) is 6.04 Å². The van der Waals surface area contributed by atoms with E-state index in [0.717, 1.165) is 36.9 Å². The van der Waals surface area contributed by atoms with Crippen LogP contribution in [0.1, 0.15) is 46.0 Å². The lowest BCUT2D eigenvalue weighted by molar-refractivity contribution is -0.858. The van der Waals surface area contributed by atoms with Crippen molar-refractivity contribution < 1.29 is 18.2 Å². The van der Waals surface area contributed by atoms with Crippen LogP contribution in [0.15, 0.2) is 11.5 Å². The van der Waals surface area contributed by atoms with Gasteiger partial charge in [-0.2, -0.15) is 0 Å². The summed E-state index contributed by atoms with van der Waals surface area (Å²) in [6.07, 6.45) is 6.10. The van der Waals surface area contributed by atoms with E-state index < -0.39 is 8.80 Å². The molecule has 1 fully saturated rings. The van der Waals surface area contributed by atoms with Crippen molar-refractivity contribution in [3.05, 3.63) is 11.5 Å². The van der Waals surface area contributed by atoms with Gasteiger partial charge in [0, 0.05) is 12.5 Å². The first-order valence-electron chi connectivity index (χ1n) is 7.62. The van der Waals surface area contributed by atoms with Crippen LogP contribution in [-0.4, -0.2) is 35.5 Å². The first kappa shape index (κ1) is 14.9. The lowest BCUT2D eigenvalue weighted by atomic mass is 10.1.